The maximum absolute atomic E-state index is 10.4. The third-order valence-electron chi connectivity index (χ3n) is 7.10. The van der Waals surface area contributed by atoms with E-state index in [0.29, 0.717) is 5.75 Å². The van der Waals surface area contributed by atoms with Crippen molar-refractivity contribution in [1.29, 1.82) is 0 Å². The van der Waals surface area contributed by atoms with Crippen LogP contribution in [0.5, 0.6) is 5.75 Å². The third kappa shape index (κ3) is 3.45. The molecule has 0 aliphatic carbocycles. The number of anilines is 1. The standard InChI is InChI=1S/C30H30N2O/c1-29(2)26-15-7-8-16-27(26)32(23-19-24-12-4-3-5-13-24)30(29,31-21-10-11-22-31)20-18-25-14-6-9-17-28(25)33/h3-18,20-22,33H,19,23H2,1-2H3/b20-18+. The fourth-order valence-electron chi connectivity index (χ4n) is 5.38. The molecule has 0 bridgehead atoms. The molecule has 1 N–H and O–H groups in total. The molecule has 1 unspecified atom stereocenters. The summed E-state index contributed by atoms with van der Waals surface area (Å²) < 4.78 is 2.31. The van der Waals surface area contributed by atoms with Crippen molar-refractivity contribution in [3.05, 3.63) is 126 Å². The predicted octanol–water partition coefficient (Wildman–Crippen LogP) is 6.60. The van der Waals surface area contributed by atoms with Crippen molar-refractivity contribution in [2.45, 2.75) is 31.3 Å². The molecule has 0 spiro atoms. The van der Waals surface area contributed by atoms with Gasteiger partial charge in [0, 0.05) is 35.6 Å². The molecule has 0 saturated carbocycles. The van der Waals surface area contributed by atoms with Crippen LogP contribution in [0, 0.1) is 0 Å². The van der Waals surface area contributed by atoms with E-state index in [4.69, 9.17) is 0 Å². The summed E-state index contributed by atoms with van der Waals surface area (Å²) in [5.74, 6) is 0.292. The summed E-state index contributed by atoms with van der Waals surface area (Å²) in [6, 6.07) is 31.1. The fourth-order valence-corrected chi connectivity index (χ4v) is 5.38. The number of hydrogen-bond donors (Lipinski definition) is 1. The van der Waals surface area contributed by atoms with Gasteiger partial charge in [-0.3, -0.25) is 0 Å². The summed E-state index contributed by atoms with van der Waals surface area (Å²) >= 11 is 0. The molecule has 3 aromatic carbocycles. The zero-order valence-corrected chi connectivity index (χ0v) is 19.2. The summed E-state index contributed by atoms with van der Waals surface area (Å²) in [5.41, 5.74) is 4.03. The predicted molar refractivity (Wildman–Crippen MR) is 137 cm³/mol. The highest BCUT2D eigenvalue weighted by Crippen LogP contribution is 2.55. The van der Waals surface area contributed by atoms with Gasteiger partial charge in [-0.15, -0.1) is 0 Å². The monoisotopic (exact) mass is 434 g/mol. The van der Waals surface area contributed by atoms with Gasteiger partial charge in [0.25, 0.3) is 0 Å². The van der Waals surface area contributed by atoms with Gasteiger partial charge in [0.2, 0.25) is 0 Å². The van der Waals surface area contributed by atoms with Gasteiger partial charge in [-0.05, 0) is 47.9 Å². The average Bonchev–Trinajstić information content (AvgIpc) is 3.43. The van der Waals surface area contributed by atoms with E-state index >= 15 is 0 Å². The molecule has 3 heteroatoms. The lowest BCUT2D eigenvalue weighted by atomic mass is 9.74. The molecule has 33 heavy (non-hydrogen) atoms. The fraction of sp³-hybridized carbons (Fsp3) is 0.200. The molecule has 0 fully saturated rings. The lowest BCUT2D eigenvalue weighted by molar-refractivity contribution is 0.229. The molecule has 0 saturated heterocycles. The van der Waals surface area contributed by atoms with E-state index in [1.54, 1.807) is 6.07 Å². The Morgan fingerprint density at radius 2 is 1.45 bits per heavy atom. The van der Waals surface area contributed by atoms with Gasteiger partial charge < -0.3 is 14.6 Å². The van der Waals surface area contributed by atoms with E-state index in [1.807, 2.05) is 18.2 Å². The Balaban J connectivity index is 1.68. The highest BCUT2D eigenvalue weighted by Gasteiger charge is 2.56. The molecule has 1 aromatic heterocycles. The van der Waals surface area contributed by atoms with Gasteiger partial charge in [-0.25, -0.2) is 0 Å². The molecular formula is C30H30N2O. The van der Waals surface area contributed by atoms with Crippen molar-refractivity contribution in [3.8, 4) is 5.75 Å². The van der Waals surface area contributed by atoms with E-state index in [1.165, 1.54) is 16.8 Å². The molecule has 4 aromatic rings. The largest absolute Gasteiger partial charge is 0.507 e. The molecule has 0 amide bonds. The molecule has 5 rings (SSSR count). The third-order valence-corrected chi connectivity index (χ3v) is 7.10. The van der Waals surface area contributed by atoms with E-state index in [9.17, 15) is 5.11 Å². The SMILES string of the molecule is CC1(C)c2ccccc2N(CCc2ccccc2)C1(/C=C/c1ccccc1O)n1cccc1. The first-order valence-corrected chi connectivity index (χ1v) is 11.6. The quantitative estimate of drug-likeness (QED) is 0.370. The van der Waals surface area contributed by atoms with E-state index in [0.717, 1.165) is 18.5 Å². The van der Waals surface area contributed by atoms with Crippen LogP contribution in [0.15, 0.2) is 109 Å². The Morgan fingerprint density at radius 3 is 2.21 bits per heavy atom. The number of nitrogens with zero attached hydrogens (tertiary/aromatic N) is 2. The topological polar surface area (TPSA) is 28.4 Å². The van der Waals surface area contributed by atoms with E-state index in [2.05, 4.69) is 115 Å². The number of phenols is 1. The zero-order chi connectivity index (χ0) is 22.9. The van der Waals surface area contributed by atoms with Crippen LogP contribution in [0.2, 0.25) is 0 Å². The highest BCUT2D eigenvalue weighted by molar-refractivity contribution is 5.69. The molecule has 3 nitrogen and oxygen atoms in total. The van der Waals surface area contributed by atoms with Gasteiger partial charge >= 0.3 is 0 Å². The van der Waals surface area contributed by atoms with Crippen molar-refractivity contribution < 1.29 is 5.11 Å². The molecule has 0 radical (unpaired) electrons. The van der Waals surface area contributed by atoms with Crippen LogP contribution in [-0.2, 0) is 17.5 Å². The first-order chi connectivity index (χ1) is 16.0. The van der Waals surface area contributed by atoms with Gasteiger partial charge in [0.05, 0.1) is 0 Å². The minimum Gasteiger partial charge on any atom is -0.507 e. The highest BCUT2D eigenvalue weighted by atomic mass is 16.3. The number of rotatable bonds is 6. The van der Waals surface area contributed by atoms with Gasteiger partial charge in [0.15, 0.2) is 0 Å². The Labute approximate surface area is 196 Å². The van der Waals surface area contributed by atoms with Crippen LogP contribution in [0.4, 0.5) is 5.69 Å². The maximum Gasteiger partial charge on any atom is 0.145 e. The van der Waals surface area contributed by atoms with Gasteiger partial charge in [0.1, 0.15) is 11.4 Å². The molecule has 1 aliphatic heterocycles. The second-order valence-electron chi connectivity index (χ2n) is 9.24. The Morgan fingerprint density at radius 1 is 0.788 bits per heavy atom. The van der Waals surface area contributed by atoms with Crippen LogP contribution in [0.1, 0.15) is 30.5 Å². The lowest BCUT2D eigenvalue weighted by Crippen LogP contribution is -2.56. The summed E-state index contributed by atoms with van der Waals surface area (Å²) in [7, 11) is 0. The number of fused-ring (bicyclic) bond motifs is 1. The summed E-state index contributed by atoms with van der Waals surface area (Å²) in [4.78, 5) is 2.53. The molecular weight excluding hydrogens is 404 g/mol. The summed E-state index contributed by atoms with van der Waals surface area (Å²) in [6.45, 7) is 5.51. The van der Waals surface area contributed by atoms with Gasteiger partial charge in [-0.1, -0.05) is 86.7 Å². The molecule has 166 valence electrons. The van der Waals surface area contributed by atoms with E-state index in [-0.39, 0.29) is 5.41 Å². The van der Waals surface area contributed by atoms with Crippen LogP contribution < -0.4 is 4.90 Å². The van der Waals surface area contributed by atoms with E-state index < -0.39 is 5.66 Å². The summed E-state index contributed by atoms with van der Waals surface area (Å²) in [6.07, 6.45) is 9.58. The van der Waals surface area contributed by atoms with Crippen molar-refractivity contribution in [3.63, 3.8) is 0 Å². The number of benzene rings is 3. The Hall–Kier alpha value is -3.72. The number of aromatic hydroxyl groups is 1. The molecule has 1 atom stereocenters. The number of aromatic nitrogens is 1. The normalized spacial score (nSPS) is 19.2. The smallest absolute Gasteiger partial charge is 0.145 e. The zero-order valence-electron chi connectivity index (χ0n) is 19.2. The van der Waals surface area contributed by atoms with Crippen molar-refractivity contribution in [1.82, 2.24) is 4.57 Å². The number of para-hydroxylation sites is 2. The number of phenolic OH excluding ortho intramolecular Hbond substituents is 1. The second-order valence-corrected chi connectivity index (χ2v) is 9.24. The minimum atomic E-state index is -0.475. The molecule has 1 aliphatic rings. The molecule has 2 heterocycles. The summed E-state index contributed by atoms with van der Waals surface area (Å²) in [5, 5.41) is 10.4. The van der Waals surface area contributed by atoms with Gasteiger partial charge in [-0.2, -0.15) is 0 Å². The lowest BCUT2D eigenvalue weighted by Gasteiger charge is -2.47. The number of hydrogen-bond acceptors (Lipinski definition) is 2. The Kier molecular flexibility index (Phi) is 5.33. The van der Waals surface area contributed by atoms with Crippen LogP contribution in [0.25, 0.3) is 6.08 Å². The van der Waals surface area contributed by atoms with Crippen molar-refractivity contribution in [2.75, 3.05) is 11.4 Å². The average molecular weight is 435 g/mol. The van der Waals surface area contributed by atoms with Crippen molar-refractivity contribution >= 4 is 11.8 Å². The Bertz CT molecular complexity index is 1260. The van der Waals surface area contributed by atoms with Crippen LogP contribution in [-0.4, -0.2) is 16.2 Å². The first kappa shape index (κ1) is 21.1. The first-order valence-electron chi connectivity index (χ1n) is 11.6. The maximum atomic E-state index is 10.4. The van der Waals surface area contributed by atoms with Crippen molar-refractivity contribution in [2.24, 2.45) is 0 Å². The minimum absolute atomic E-state index is 0.222. The van der Waals surface area contributed by atoms with Crippen LogP contribution >= 0.6 is 0 Å². The van der Waals surface area contributed by atoms with Crippen LogP contribution in [0.3, 0.4) is 0 Å². The second kappa shape index (κ2) is 8.32.